The number of nitrogens with one attached hydrogen (secondary N) is 1. The standard InChI is InChI=1S/C9H17F3N2O2S/c1-16-5-2-3-7(13)8(15)14-4-6-17-9(10,11)12/h7H,2-6,13H2,1H3,(H,14,15). The average molecular weight is 274 g/mol. The number of alkyl halides is 3. The molecule has 17 heavy (non-hydrogen) atoms. The molecule has 102 valence electrons. The SMILES string of the molecule is COCCCC(N)C(=O)NCCSC(F)(F)F. The number of hydrogen-bond acceptors (Lipinski definition) is 4. The number of amides is 1. The molecule has 3 N–H and O–H groups in total. The highest BCUT2D eigenvalue weighted by Gasteiger charge is 2.27. The molecule has 0 aliphatic rings. The van der Waals surface area contributed by atoms with Crippen molar-refractivity contribution in [3.8, 4) is 0 Å². The maximum absolute atomic E-state index is 11.8. The molecule has 0 saturated heterocycles. The monoisotopic (exact) mass is 274 g/mol. The molecule has 0 bridgehead atoms. The average Bonchev–Trinajstić information content (AvgIpc) is 2.23. The third kappa shape index (κ3) is 10.4. The summed E-state index contributed by atoms with van der Waals surface area (Å²) in [5.41, 5.74) is 1.27. The van der Waals surface area contributed by atoms with Crippen LogP contribution in [0.3, 0.4) is 0 Å². The Labute approximate surface area is 102 Å². The maximum atomic E-state index is 11.8. The molecule has 1 atom stereocenters. The molecule has 0 heterocycles. The molecule has 1 amide bonds. The van der Waals surface area contributed by atoms with Gasteiger partial charge in [-0.2, -0.15) is 13.2 Å². The zero-order chi connectivity index (χ0) is 13.3. The quantitative estimate of drug-likeness (QED) is 0.651. The highest BCUT2D eigenvalue weighted by Crippen LogP contribution is 2.29. The van der Waals surface area contributed by atoms with Gasteiger partial charge in [-0.1, -0.05) is 0 Å². The van der Waals surface area contributed by atoms with Crippen molar-refractivity contribution in [1.29, 1.82) is 0 Å². The van der Waals surface area contributed by atoms with Crippen LogP contribution in [-0.4, -0.2) is 43.5 Å². The van der Waals surface area contributed by atoms with E-state index in [0.717, 1.165) is 0 Å². The van der Waals surface area contributed by atoms with Crippen LogP contribution in [0.1, 0.15) is 12.8 Å². The minimum absolute atomic E-state index is 0.0407. The Kier molecular flexibility index (Phi) is 8.36. The summed E-state index contributed by atoms with van der Waals surface area (Å²) in [6.45, 7) is 0.464. The number of ether oxygens (including phenoxy) is 1. The number of nitrogens with two attached hydrogens (primary N) is 1. The summed E-state index contributed by atoms with van der Waals surface area (Å²) in [6, 6.07) is -0.693. The lowest BCUT2D eigenvalue weighted by Gasteiger charge is -2.12. The number of halogens is 3. The van der Waals surface area contributed by atoms with Gasteiger partial charge in [0.05, 0.1) is 6.04 Å². The molecule has 0 aromatic carbocycles. The zero-order valence-corrected chi connectivity index (χ0v) is 10.4. The summed E-state index contributed by atoms with van der Waals surface area (Å²) in [4.78, 5) is 11.3. The second kappa shape index (κ2) is 8.60. The molecule has 4 nitrogen and oxygen atoms in total. The zero-order valence-electron chi connectivity index (χ0n) is 9.55. The Bertz CT molecular complexity index is 227. The predicted molar refractivity (Wildman–Crippen MR) is 60.6 cm³/mol. The van der Waals surface area contributed by atoms with Crippen molar-refractivity contribution >= 4 is 17.7 Å². The number of carbonyl (C=O) groups is 1. The van der Waals surface area contributed by atoms with Crippen LogP contribution in [0.25, 0.3) is 0 Å². The number of thioether (sulfide) groups is 1. The van der Waals surface area contributed by atoms with Crippen LogP contribution in [0, 0.1) is 0 Å². The van der Waals surface area contributed by atoms with E-state index in [1.165, 1.54) is 0 Å². The largest absolute Gasteiger partial charge is 0.441 e. The molecule has 0 spiro atoms. The van der Waals surface area contributed by atoms with Gasteiger partial charge in [-0.3, -0.25) is 4.79 Å². The first-order chi connectivity index (χ1) is 7.87. The van der Waals surface area contributed by atoms with Crippen molar-refractivity contribution in [3.63, 3.8) is 0 Å². The Morgan fingerprint density at radius 1 is 1.53 bits per heavy atom. The van der Waals surface area contributed by atoms with E-state index in [2.05, 4.69) is 5.32 Å². The third-order valence-electron chi connectivity index (χ3n) is 1.87. The third-order valence-corrected chi connectivity index (χ3v) is 2.60. The van der Waals surface area contributed by atoms with Gasteiger partial charge < -0.3 is 15.8 Å². The normalized spacial score (nSPS) is 13.5. The van der Waals surface area contributed by atoms with Crippen molar-refractivity contribution in [2.75, 3.05) is 26.0 Å². The second-order valence-electron chi connectivity index (χ2n) is 3.33. The van der Waals surface area contributed by atoms with E-state index in [1.807, 2.05) is 0 Å². The second-order valence-corrected chi connectivity index (χ2v) is 4.49. The van der Waals surface area contributed by atoms with E-state index in [1.54, 1.807) is 7.11 Å². The minimum atomic E-state index is -4.26. The Hall–Kier alpha value is -0.470. The van der Waals surface area contributed by atoms with E-state index in [-0.39, 0.29) is 24.1 Å². The summed E-state index contributed by atoms with van der Waals surface area (Å²) in [5, 5.41) is 2.36. The molecular formula is C9H17F3N2O2S. The molecule has 0 aromatic heterocycles. The van der Waals surface area contributed by atoms with Crippen molar-refractivity contribution in [1.82, 2.24) is 5.32 Å². The molecule has 0 aliphatic carbocycles. The van der Waals surface area contributed by atoms with Gasteiger partial charge >= 0.3 is 5.51 Å². The molecule has 0 aliphatic heterocycles. The Morgan fingerprint density at radius 3 is 2.71 bits per heavy atom. The molecule has 0 rings (SSSR count). The van der Waals surface area contributed by atoms with Crippen LogP contribution in [0.5, 0.6) is 0 Å². The lowest BCUT2D eigenvalue weighted by molar-refractivity contribution is -0.122. The van der Waals surface area contributed by atoms with E-state index in [0.29, 0.717) is 19.4 Å². The summed E-state index contributed by atoms with van der Waals surface area (Å²) in [6.07, 6.45) is 1.09. The molecule has 0 saturated carbocycles. The van der Waals surface area contributed by atoms with Crippen LogP contribution in [0.2, 0.25) is 0 Å². The number of hydrogen-bond donors (Lipinski definition) is 2. The minimum Gasteiger partial charge on any atom is -0.385 e. The van der Waals surface area contributed by atoms with E-state index in [4.69, 9.17) is 10.5 Å². The first-order valence-corrected chi connectivity index (χ1v) is 6.08. The van der Waals surface area contributed by atoms with Crippen molar-refractivity contribution in [2.24, 2.45) is 5.73 Å². The van der Waals surface area contributed by atoms with Gasteiger partial charge in [0.1, 0.15) is 0 Å². The molecule has 1 unspecified atom stereocenters. The first-order valence-electron chi connectivity index (χ1n) is 5.09. The fraction of sp³-hybridized carbons (Fsp3) is 0.889. The summed E-state index contributed by atoms with van der Waals surface area (Å²) in [7, 11) is 1.54. The Morgan fingerprint density at radius 2 is 2.18 bits per heavy atom. The summed E-state index contributed by atoms with van der Waals surface area (Å²) < 4.78 is 40.1. The van der Waals surface area contributed by atoms with Crippen LogP contribution in [0.4, 0.5) is 13.2 Å². The molecule has 8 heteroatoms. The van der Waals surface area contributed by atoms with Gasteiger partial charge in [0.2, 0.25) is 5.91 Å². The lowest BCUT2D eigenvalue weighted by Crippen LogP contribution is -2.41. The fourth-order valence-corrected chi connectivity index (χ4v) is 1.49. The summed E-state index contributed by atoms with van der Waals surface area (Å²) >= 11 is -0.167. The van der Waals surface area contributed by atoms with Crippen LogP contribution < -0.4 is 11.1 Å². The summed E-state index contributed by atoms with van der Waals surface area (Å²) in [5.74, 6) is -0.635. The fourth-order valence-electron chi connectivity index (χ4n) is 1.05. The molecule has 0 aromatic rings. The van der Waals surface area contributed by atoms with Gasteiger partial charge in [-0.25, -0.2) is 0 Å². The predicted octanol–water partition coefficient (Wildman–Crippen LogP) is 1.11. The van der Waals surface area contributed by atoms with Crippen molar-refractivity contribution < 1.29 is 22.7 Å². The van der Waals surface area contributed by atoms with E-state index in [9.17, 15) is 18.0 Å². The highest BCUT2D eigenvalue weighted by molar-refractivity contribution is 8.00. The van der Waals surface area contributed by atoms with Crippen molar-refractivity contribution in [2.45, 2.75) is 24.4 Å². The Balaban J connectivity index is 3.57. The smallest absolute Gasteiger partial charge is 0.385 e. The number of carbonyl (C=O) groups excluding carboxylic acids is 1. The van der Waals surface area contributed by atoms with E-state index >= 15 is 0 Å². The first kappa shape index (κ1) is 16.5. The van der Waals surface area contributed by atoms with Gasteiger partial charge in [0.15, 0.2) is 0 Å². The van der Waals surface area contributed by atoms with Gasteiger partial charge in [0, 0.05) is 26.0 Å². The van der Waals surface area contributed by atoms with E-state index < -0.39 is 17.5 Å². The lowest BCUT2D eigenvalue weighted by atomic mass is 10.1. The maximum Gasteiger partial charge on any atom is 0.441 e. The van der Waals surface area contributed by atoms with Crippen LogP contribution in [0.15, 0.2) is 0 Å². The molecule has 0 radical (unpaired) electrons. The van der Waals surface area contributed by atoms with Crippen molar-refractivity contribution in [3.05, 3.63) is 0 Å². The molecular weight excluding hydrogens is 257 g/mol. The van der Waals surface area contributed by atoms with Gasteiger partial charge in [-0.05, 0) is 24.6 Å². The highest BCUT2D eigenvalue weighted by atomic mass is 32.2. The number of methoxy groups -OCH3 is 1. The topological polar surface area (TPSA) is 64.3 Å². The van der Waals surface area contributed by atoms with Gasteiger partial charge in [-0.15, -0.1) is 0 Å². The molecule has 0 fully saturated rings. The van der Waals surface area contributed by atoms with Crippen LogP contribution >= 0.6 is 11.8 Å². The van der Waals surface area contributed by atoms with Gasteiger partial charge in [0.25, 0.3) is 0 Å². The number of rotatable bonds is 8. The van der Waals surface area contributed by atoms with Crippen LogP contribution in [-0.2, 0) is 9.53 Å².